The van der Waals surface area contributed by atoms with E-state index in [9.17, 15) is 13.2 Å². The third kappa shape index (κ3) is 2.48. The Morgan fingerprint density at radius 1 is 1.21 bits per heavy atom. The van der Waals surface area contributed by atoms with E-state index in [-0.39, 0.29) is 24.5 Å². The maximum Gasteiger partial charge on any atom is 0.132 e. The van der Waals surface area contributed by atoms with Crippen molar-refractivity contribution in [2.45, 2.75) is 13.3 Å². The lowest BCUT2D eigenvalue weighted by molar-refractivity contribution is 0.235. The first kappa shape index (κ1) is 11.0. The molecule has 1 rings (SSSR count). The van der Waals surface area contributed by atoms with E-state index in [1.807, 2.05) is 0 Å². The van der Waals surface area contributed by atoms with Gasteiger partial charge in [0, 0.05) is 24.3 Å². The quantitative estimate of drug-likeness (QED) is 0.800. The van der Waals surface area contributed by atoms with Crippen molar-refractivity contribution in [3.05, 3.63) is 35.1 Å². The van der Waals surface area contributed by atoms with Gasteiger partial charge < -0.3 is 5.11 Å². The zero-order chi connectivity index (χ0) is 10.7. The molecule has 1 atom stereocenters. The molecule has 1 N–H and O–H groups in total. The van der Waals surface area contributed by atoms with Crippen LogP contribution in [0.15, 0.2) is 12.1 Å². The molecule has 0 bridgehead atoms. The second-order valence-corrected chi connectivity index (χ2v) is 3.34. The molecule has 14 heavy (non-hydrogen) atoms. The zero-order valence-electron chi connectivity index (χ0n) is 7.73. The molecule has 0 saturated carbocycles. The fourth-order valence-corrected chi connectivity index (χ4v) is 1.18. The van der Waals surface area contributed by atoms with E-state index in [0.29, 0.717) is 12.1 Å². The lowest BCUT2D eigenvalue weighted by Gasteiger charge is -2.09. The molecule has 0 fully saturated rings. The summed E-state index contributed by atoms with van der Waals surface area (Å²) in [7, 11) is 0. The van der Waals surface area contributed by atoms with E-state index in [1.54, 1.807) is 6.92 Å². The Labute approximate surface area is 80.2 Å². The minimum atomic E-state index is -0.930. The van der Waals surface area contributed by atoms with E-state index < -0.39 is 17.5 Å². The van der Waals surface area contributed by atoms with Gasteiger partial charge in [0.2, 0.25) is 0 Å². The molecule has 0 spiro atoms. The molecule has 0 heterocycles. The zero-order valence-corrected chi connectivity index (χ0v) is 7.73. The lowest BCUT2D eigenvalue weighted by atomic mass is 10.0. The second kappa shape index (κ2) is 4.46. The predicted molar refractivity (Wildman–Crippen MR) is 46.3 cm³/mol. The molecule has 0 radical (unpaired) electrons. The standard InChI is InChI=1S/C10H11F3O/c1-6(5-14)2-8-9(12)3-7(11)4-10(8)13/h3-4,6,14H,2,5H2,1H3. The number of hydrogen-bond donors (Lipinski definition) is 1. The Hall–Kier alpha value is -1.03. The fraction of sp³-hybridized carbons (Fsp3) is 0.400. The highest BCUT2D eigenvalue weighted by molar-refractivity contribution is 5.21. The number of aliphatic hydroxyl groups is 1. The maximum atomic E-state index is 13.0. The Bertz CT molecular complexity index is 302. The second-order valence-electron chi connectivity index (χ2n) is 3.34. The Morgan fingerprint density at radius 2 is 1.71 bits per heavy atom. The van der Waals surface area contributed by atoms with Crippen LogP contribution in [0.1, 0.15) is 12.5 Å². The van der Waals surface area contributed by atoms with E-state index in [2.05, 4.69) is 0 Å². The SMILES string of the molecule is CC(CO)Cc1c(F)cc(F)cc1F. The van der Waals surface area contributed by atoms with Crippen LogP contribution in [0.4, 0.5) is 13.2 Å². The largest absolute Gasteiger partial charge is 0.396 e. The van der Waals surface area contributed by atoms with Crippen molar-refractivity contribution in [1.29, 1.82) is 0 Å². The number of hydrogen-bond acceptors (Lipinski definition) is 1. The third-order valence-corrected chi connectivity index (χ3v) is 1.97. The van der Waals surface area contributed by atoms with Crippen LogP contribution in [0.5, 0.6) is 0 Å². The molecule has 4 heteroatoms. The highest BCUT2D eigenvalue weighted by Gasteiger charge is 2.13. The molecule has 1 aromatic carbocycles. The average molecular weight is 204 g/mol. The van der Waals surface area contributed by atoms with E-state index >= 15 is 0 Å². The monoisotopic (exact) mass is 204 g/mol. The van der Waals surface area contributed by atoms with Gasteiger partial charge in [-0.25, -0.2) is 13.2 Å². The van der Waals surface area contributed by atoms with Crippen LogP contribution >= 0.6 is 0 Å². The van der Waals surface area contributed by atoms with Gasteiger partial charge in [-0.2, -0.15) is 0 Å². The number of aliphatic hydroxyl groups excluding tert-OH is 1. The summed E-state index contributed by atoms with van der Waals surface area (Å²) >= 11 is 0. The van der Waals surface area contributed by atoms with Crippen molar-refractivity contribution >= 4 is 0 Å². The van der Waals surface area contributed by atoms with Crippen LogP contribution in [0, 0.1) is 23.4 Å². The minimum Gasteiger partial charge on any atom is -0.396 e. The van der Waals surface area contributed by atoms with E-state index in [1.165, 1.54) is 0 Å². The molecule has 0 aromatic heterocycles. The van der Waals surface area contributed by atoms with Gasteiger partial charge >= 0.3 is 0 Å². The van der Waals surface area contributed by atoms with Crippen molar-refractivity contribution in [2.24, 2.45) is 5.92 Å². The summed E-state index contributed by atoms with van der Waals surface area (Å²) in [6, 6.07) is 1.28. The molecule has 0 aliphatic rings. The summed E-state index contributed by atoms with van der Waals surface area (Å²) in [5, 5.41) is 8.71. The normalized spacial score (nSPS) is 12.9. The van der Waals surface area contributed by atoms with Crippen molar-refractivity contribution in [2.75, 3.05) is 6.61 Å². The Kier molecular flexibility index (Phi) is 3.52. The van der Waals surface area contributed by atoms with Crippen LogP contribution in [-0.4, -0.2) is 11.7 Å². The number of benzene rings is 1. The predicted octanol–water partition coefficient (Wildman–Crippen LogP) is 2.27. The molecule has 0 aliphatic heterocycles. The van der Waals surface area contributed by atoms with Crippen molar-refractivity contribution in [3.8, 4) is 0 Å². The summed E-state index contributed by atoms with van der Waals surface area (Å²) < 4.78 is 38.6. The lowest BCUT2D eigenvalue weighted by Crippen LogP contribution is -2.08. The van der Waals surface area contributed by atoms with Crippen LogP contribution < -0.4 is 0 Å². The molecule has 0 amide bonds. The molecule has 78 valence electrons. The van der Waals surface area contributed by atoms with Gasteiger partial charge in [0.1, 0.15) is 17.5 Å². The van der Waals surface area contributed by atoms with Gasteiger partial charge in [-0.15, -0.1) is 0 Å². The summed E-state index contributed by atoms with van der Waals surface area (Å²) in [6.45, 7) is 1.50. The van der Waals surface area contributed by atoms with Crippen molar-refractivity contribution < 1.29 is 18.3 Å². The highest BCUT2D eigenvalue weighted by Crippen LogP contribution is 2.18. The van der Waals surface area contributed by atoms with E-state index in [0.717, 1.165) is 0 Å². The molecule has 0 aliphatic carbocycles. The Balaban J connectivity index is 2.96. The van der Waals surface area contributed by atoms with Gasteiger partial charge in [0.05, 0.1) is 0 Å². The minimum absolute atomic E-state index is 0.0639. The van der Waals surface area contributed by atoms with Gasteiger partial charge in [-0.3, -0.25) is 0 Å². The highest BCUT2D eigenvalue weighted by atomic mass is 19.1. The van der Waals surface area contributed by atoms with E-state index in [4.69, 9.17) is 5.11 Å². The molecular weight excluding hydrogens is 193 g/mol. The molecule has 1 aromatic rings. The van der Waals surface area contributed by atoms with Gasteiger partial charge in [-0.05, 0) is 12.3 Å². The topological polar surface area (TPSA) is 20.2 Å². The fourth-order valence-electron chi connectivity index (χ4n) is 1.18. The van der Waals surface area contributed by atoms with Crippen molar-refractivity contribution in [1.82, 2.24) is 0 Å². The van der Waals surface area contributed by atoms with Crippen molar-refractivity contribution in [3.63, 3.8) is 0 Å². The summed E-state index contributed by atoms with van der Waals surface area (Å²) in [5.74, 6) is -2.98. The summed E-state index contributed by atoms with van der Waals surface area (Å²) in [4.78, 5) is 0. The first-order chi connectivity index (χ1) is 6.54. The number of halogens is 3. The Morgan fingerprint density at radius 3 is 2.14 bits per heavy atom. The van der Waals surface area contributed by atoms with Crippen LogP contribution in [0.2, 0.25) is 0 Å². The summed E-state index contributed by atoms with van der Waals surface area (Å²) in [5.41, 5.74) is -0.173. The molecule has 1 unspecified atom stereocenters. The van der Waals surface area contributed by atoms with Crippen LogP contribution in [-0.2, 0) is 6.42 Å². The third-order valence-electron chi connectivity index (χ3n) is 1.97. The maximum absolute atomic E-state index is 13.0. The average Bonchev–Trinajstić information content (AvgIpc) is 2.10. The number of rotatable bonds is 3. The summed E-state index contributed by atoms with van der Waals surface area (Å²) in [6.07, 6.45) is 0.0639. The smallest absolute Gasteiger partial charge is 0.132 e. The first-order valence-electron chi connectivity index (χ1n) is 4.29. The van der Waals surface area contributed by atoms with Gasteiger partial charge in [-0.1, -0.05) is 6.92 Å². The molecular formula is C10H11F3O. The first-order valence-corrected chi connectivity index (χ1v) is 4.29. The van der Waals surface area contributed by atoms with Crippen LogP contribution in [0.3, 0.4) is 0 Å². The van der Waals surface area contributed by atoms with Gasteiger partial charge in [0.15, 0.2) is 0 Å². The van der Waals surface area contributed by atoms with Gasteiger partial charge in [0.25, 0.3) is 0 Å². The molecule has 0 saturated heterocycles. The molecule has 1 nitrogen and oxygen atoms in total. The van der Waals surface area contributed by atoms with Crippen LogP contribution in [0.25, 0.3) is 0 Å².